The van der Waals surface area contributed by atoms with Gasteiger partial charge in [0.1, 0.15) is 23.4 Å². The first-order chi connectivity index (χ1) is 18.2. The van der Waals surface area contributed by atoms with E-state index in [0.717, 1.165) is 55.5 Å². The molecule has 0 spiro atoms. The first-order valence-electron chi connectivity index (χ1n) is 12.7. The van der Waals surface area contributed by atoms with Gasteiger partial charge in [-0.2, -0.15) is 0 Å². The Morgan fingerprint density at radius 1 is 0.973 bits per heavy atom. The van der Waals surface area contributed by atoms with Gasteiger partial charge in [-0.1, -0.05) is 35.5 Å². The zero-order valence-electron chi connectivity index (χ0n) is 20.4. The molecule has 3 aromatic carbocycles. The number of piperidine rings is 1. The fourth-order valence-corrected chi connectivity index (χ4v) is 5.15. The van der Waals surface area contributed by atoms with Gasteiger partial charge in [0.05, 0.1) is 23.3 Å². The molecule has 0 bridgehead atoms. The Bertz CT molecular complexity index is 1590. The van der Waals surface area contributed by atoms with Crippen LogP contribution < -0.4 is 10.2 Å². The summed E-state index contributed by atoms with van der Waals surface area (Å²) in [6, 6.07) is 19.5. The summed E-state index contributed by atoms with van der Waals surface area (Å²) in [5, 5.41) is 5.69. The van der Waals surface area contributed by atoms with E-state index in [9.17, 15) is 9.18 Å². The lowest BCUT2D eigenvalue weighted by Crippen LogP contribution is -2.34. The first kappa shape index (κ1) is 23.4. The minimum Gasteiger partial charge on any atom is -0.493 e. The van der Waals surface area contributed by atoms with E-state index in [-0.39, 0.29) is 11.2 Å². The van der Waals surface area contributed by atoms with Crippen molar-refractivity contribution in [2.24, 2.45) is 0 Å². The predicted molar refractivity (Wildman–Crippen MR) is 140 cm³/mol. The smallest absolute Gasteiger partial charge is 0.200 e. The number of hydrogen-bond acceptors (Lipinski definition) is 6. The topological polar surface area (TPSA) is 68.7 Å². The summed E-state index contributed by atoms with van der Waals surface area (Å²) in [5.41, 5.74) is 3.32. The van der Waals surface area contributed by atoms with Crippen molar-refractivity contribution in [3.63, 3.8) is 0 Å². The number of hydrogen-bond donors (Lipinski definition) is 0. The van der Waals surface area contributed by atoms with Gasteiger partial charge in [0, 0.05) is 30.0 Å². The Morgan fingerprint density at radius 2 is 1.78 bits per heavy atom. The molecular formula is C30H27FN2O4. The average molecular weight is 499 g/mol. The number of nitrogens with zero attached hydrogens (tertiary/aromatic N) is 2. The third kappa shape index (κ3) is 4.87. The molecule has 6 nitrogen and oxygen atoms in total. The van der Waals surface area contributed by atoms with Gasteiger partial charge >= 0.3 is 0 Å². The van der Waals surface area contributed by atoms with Crippen molar-refractivity contribution in [1.29, 1.82) is 0 Å². The second kappa shape index (κ2) is 10.2. The van der Waals surface area contributed by atoms with Gasteiger partial charge in [-0.3, -0.25) is 4.79 Å². The van der Waals surface area contributed by atoms with Crippen molar-refractivity contribution < 1.29 is 18.1 Å². The molecule has 7 heteroatoms. The van der Waals surface area contributed by atoms with Crippen molar-refractivity contribution in [2.75, 3.05) is 26.2 Å². The molecule has 1 aliphatic heterocycles. The molecule has 0 saturated carbocycles. The van der Waals surface area contributed by atoms with Crippen LogP contribution in [0.4, 0.5) is 4.39 Å². The lowest BCUT2D eigenvalue weighted by molar-refractivity contribution is 0.191. The molecule has 3 heterocycles. The highest BCUT2D eigenvalue weighted by Gasteiger charge is 2.25. The summed E-state index contributed by atoms with van der Waals surface area (Å²) < 4.78 is 30.5. The summed E-state index contributed by atoms with van der Waals surface area (Å²) in [6.45, 7) is 3.48. The highest BCUT2D eigenvalue weighted by atomic mass is 19.1. The monoisotopic (exact) mass is 498 g/mol. The molecule has 1 saturated heterocycles. The molecule has 0 unspecified atom stereocenters. The van der Waals surface area contributed by atoms with E-state index in [4.69, 9.17) is 13.7 Å². The first-order valence-corrected chi connectivity index (χ1v) is 12.7. The van der Waals surface area contributed by atoms with Gasteiger partial charge in [0.25, 0.3) is 0 Å². The predicted octanol–water partition coefficient (Wildman–Crippen LogP) is 6.39. The van der Waals surface area contributed by atoms with E-state index in [1.807, 2.05) is 36.4 Å². The standard InChI is InChI=1S/C30H27FN2O4/c31-22-7-9-24-28(17-22)37-32-29(24)21-11-14-33(15-12-21)13-4-16-35-23-8-10-25-27(18-23)36-19-26(30(25)34)20-5-2-1-3-6-20/h1-3,5-10,17-19,21H,4,11-16H2. The normalized spacial score (nSPS) is 14.9. The molecule has 0 N–H and O–H groups in total. The van der Waals surface area contributed by atoms with Gasteiger partial charge in [0.15, 0.2) is 11.0 Å². The van der Waals surface area contributed by atoms with Crippen molar-refractivity contribution in [1.82, 2.24) is 10.1 Å². The fraction of sp³-hybridized carbons (Fsp3) is 0.267. The second-order valence-electron chi connectivity index (χ2n) is 9.53. The van der Waals surface area contributed by atoms with E-state index in [0.29, 0.717) is 40.4 Å². The molecule has 5 aromatic rings. The molecule has 2 aromatic heterocycles. The fourth-order valence-electron chi connectivity index (χ4n) is 5.15. The largest absolute Gasteiger partial charge is 0.493 e. The molecule has 1 aliphatic rings. The van der Waals surface area contributed by atoms with Crippen molar-refractivity contribution in [3.8, 4) is 16.9 Å². The maximum Gasteiger partial charge on any atom is 0.200 e. The molecule has 0 atom stereocenters. The van der Waals surface area contributed by atoms with Crippen LogP contribution in [0.1, 0.15) is 30.9 Å². The van der Waals surface area contributed by atoms with Crippen LogP contribution in [0, 0.1) is 5.82 Å². The van der Waals surface area contributed by atoms with Crippen LogP contribution >= 0.6 is 0 Å². The Morgan fingerprint density at radius 3 is 2.62 bits per heavy atom. The summed E-state index contributed by atoms with van der Waals surface area (Å²) >= 11 is 0. The summed E-state index contributed by atoms with van der Waals surface area (Å²) in [4.78, 5) is 15.4. The number of aromatic nitrogens is 1. The van der Waals surface area contributed by atoms with Crippen LogP contribution in [0.2, 0.25) is 0 Å². The molecule has 1 fully saturated rings. The van der Waals surface area contributed by atoms with Crippen molar-refractivity contribution >= 4 is 21.9 Å². The number of ether oxygens (including phenoxy) is 1. The van der Waals surface area contributed by atoms with Crippen LogP contribution in [0.25, 0.3) is 33.1 Å². The third-order valence-electron chi connectivity index (χ3n) is 7.15. The molecule has 37 heavy (non-hydrogen) atoms. The Hall–Kier alpha value is -3.97. The van der Waals surface area contributed by atoms with Crippen LogP contribution in [0.3, 0.4) is 0 Å². The molecule has 0 amide bonds. The van der Waals surface area contributed by atoms with Gasteiger partial charge in [-0.15, -0.1) is 0 Å². The number of fused-ring (bicyclic) bond motifs is 2. The van der Waals surface area contributed by atoms with E-state index in [1.165, 1.54) is 18.4 Å². The average Bonchev–Trinajstić information content (AvgIpc) is 3.35. The maximum absolute atomic E-state index is 13.4. The Balaban J connectivity index is 1.01. The van der Waals surface area contributed by atoms with Crippen LogP contribution in [0.5, 0.6) is 5.75 Å². The number of likely N-dealkylation sites (tertiary alicyclic amines) is 1. The SMILES string of the molecule is O=c1c(-c2ccccc2)coc2cc(OCCCN3CCC(c4noc5cc(F)ccc45)CC3)ccc12. The van der Waals surface area contributed by atoms with Gasteiger partial charge < -0.3 is 18.6 Å². The summed E-state index contributed by atoms with van der Waals surface area (Å²) in [7, 11) is 0. The number of rotatable bonds is 7. The Kier molecular flexibility index (Phi) is 6.45. The minimum absolute atomic E-state index is 0.0480. The molecule has 0 radical (unpaired) electrons. The zero-order valence-corrected chi connectivity index (χ0v) is 20.4. The van der Waals surface area contributed by atoms with E-state index in [1.54, 1.807) is 18.2 Å². The maximum atomic E-state index is 13.4. The van der Waals surface area contributed by atoms with Gasteiger partial charge in [0.2, 0.25) is 0 Å². The van der Waals surface area contributed by atoms with E-state index < -0.39 is 0 Å². The van der Waals surface area contributed by atoms with E-state index >= 15 is 0 Å². The number of benzene rings is 3. The van der Waals surface area contributed by atoms with Crippen LogP contribution in [-0.2, 0) is 0 Å². The van der Waals surface area contributed by atoms with E-state index in [2.05, 4.69) is 10.1 Å². The lowest BCUT2D eigenvalue weighted by Gasteiger charge is -2.31. The highest BCUT2D eigenvalue weighted by molar-refractivity contribution is 5.82. The lowest BCUT2D eigenvalue weighted by atomic mass is 9.91. The minimum atomic E-state index is -0.308. The van der Waals surface area contributed by atoms with Gasteiger partial charge in [-0.25, -0.2) is 4.39 Å². The quantitative estimate of drug-likeness (QED) is 0.242. The zero-order chi connectivity index (χ0) is 25.2. The highest BCUT2D eigenvalue weighted by Crippen LogP contribution is 2.33. The van der Waals surface area contributed by atoms with Crippen molar-refractivity contribution in [2.45, 2.75) is 25.2 Å². The van der Waals surface area contributed by atoms with Crippen LogP contribution in [-0.4, -0.2) is 36.3 Å². The van der Waals surface area contributed by atoms with Crippen molar-refractivity contribution in [3.05, 3.63) is 94.7 Å². The molecule has 0 aliphatic carbocycles. The number of halogens is 1. The Labute approximate surface area is 213 Å². The van der Waals surface area contributed by atoms with Crippen LogP contribution in [0.15, 0.2) is 86.7 Å². The summed E-state index contributed by atoms with van der Waals surface area (Å²) in [6.07, 6.45) is 4.41. The molecular weight excluding hydrogens is 471 g/mol. The second-order valence-corrected chi connectivity index (χ2v) is 9.53. The molecule has 188 valence electrons. The van der Waals surface area contributed by atoms with Gasteiger partial charge in [-0.05, 0) is 62.2 Å². The summed E-state index contributed by atoms with van der Waals surface area (Å²) in [5.74, 6) is 0.711. The molecule has 6 rings (SSSR count). The third-order valence-corrected chi connectivity index (χ3v) is 7.15.